The van der Waals surface area contributed by atoms with Gasteiger partial charge in [0.05, 0.1) is 16.1 Å². The molecule has 4 heteroatoms. The number of para-hydroxylation sites is 1. The minimum Gasteiger partial charge on any atom is -0.330 e. The molecule has 0 spiro atoms. The van der Waals surface area contributed by atoms with Crippen LogP contribution in [0, 0.1) is 0 Å². The highest BCUT2D eigenvalue weighted by Gasteiger charge is 2.17. The Morgan fingerprint density at radius 1 is 1.44 bits per heavy atom. The first-order chi connectivity index (χ1) is 8.69. The molecule has 2 aromatic rings. The average molecular weight is 266 g/mol. The molecule has 1 heterocycles. The third kappa shape index (κ3) is 2.38. The van der Waals surface area contributed by atoms with Gasteiger partial charge < -0.3 is 10.3 Å². The molecule has 3 nitrogen and oxygen atoms in total. The lowest BCUT2D eigenvalue weighted by Gasteiger charge is -2.13. The molecular weight excluding hydrogens is 246 g/mol. The predicted molar refractivity (Wildman–Crippen MR) is 77.1 cm³/mol. The van der Waals surface area contributed by atoms with Crippen LogP contribution in [0.1, 0.15) is 38.4 Å². The molecule has 1 aromatic heterocycles. The van der Waals surface area contributed by atoms with Gasteiger partial charge in [-0.1, -0.05) is 31.5 Å². The van der Waals surface area contributed by atoms with Gasteiger partial charge in [0.2, 0.25) is 0 Å². The minimum absolute atomic E-state index is 0.366. The number of aromatic nitrogens is 2. The van der Waals surface area contributed by atoms with E-state index in [0.29, 0.717) is 12.5 Å². The molecule has 1 aromatic carbocycles. The van der Waals surface area contributed by atoms with E-state index in [0.717, 1.165) is 41.3 Å². The normalized spacial score (nSPS) is 13.1. The Kier molecular flexibility index (Phi) is 4.25. The van der Waals surface area contributed by atoms with Crippen LogP contribution in [-0.4, -0.2) is 16.1 Å². The summed E-state index contributed by atoms with van der Waals surface area (Å²) in [5.74, 6) is 1.47. The molecule has 0 saturated heterocycles. The van der Waals surface area contributed by atoms with Crippen LogP contribution in [-0.2, 0) is 6.54 Å². The second-order valence-corrected chi connectivity index (χ2v) is 5.11. The van der Waals surface area contributed by atoms with Gasteiger partial charge in [-0.05, 0) is 31.5 Å². The smallest absolute Gasteiger partial charge is 0.112 e. The van der Waals surface area contributed by atoms with Gasteiger partial charge in [0.1, 0.15) is 5.82 Å². The van der Waals surface area contributed by atoms with E-state index in [2.05, 4.69) is 18.4 Å². The lowest BCUT2D eigenvalue weighted by atomic mass is 10.1. The summed E-state index contributed by atoms with van der Waals surface area (Å²) in [7, 11) is 0. The van der Waals surface area contributed by atoms with Gasteiger partial charge in [0.15, 0.2) is 0 Å². The molecule has 18 heavy (non-hydrogen) atoms. The fourth-order valence-electron chi connectivity index (χ4n) is 2.36. The molecular formula is C14H20ClN3. The number of aryl methyl sites for hydroxylation is 1. The summed E-state index contributed by atoms with van der Waals surface area (Å²) >= 11 is 6.31. The highest BCUT2D eigenvalue weighted by atomic mass is 35.5. The lowest BCUT2D eigenvalue weighted by molar-refractivity contribution is 0.578. The molecule has 1 unspecified atom stereocenters. The van der Waals surface area contributed by atoms with Crippen LogP contribution in [0.25, 0.3) is 11.0 Å². The summed E-state index contributed by atoms with van der Waals surface area (Å²) in [5, 5.41) is 0.777. The van der Waals surface area contributed by atoms with Crippen molar-refractivity contribution in [2.45, 2.75) is 39.2 Å². The van der Waals surface area contributed by atoms with Crippen LogP contribution in [0.3, 0.4) is 0 Å². The third-order valence-corrected chi connectivity index (χ3v) is 3.54. The first-order valence-corrected chi connectivity index (χ1v) is 6.91. The molecule has 1 atom stereocenters. The van der Waals surface area contributed by atoms with Crippen LogP contribution in [0.4, 0.5) is 0 Å². The number of nitrogens with zero attached hydrogens (tertiary/aromatic N) is 2. The van der Waals surface area contributed by atoms with E-state index in [-0.39, 0.29) is 0 Å². The van der Waals surface area contributed by atoms with Crippen LogP contribution in [0.5, 0.6) is 0 Å². The number of rotatable bonds is 5. The second-order valence-electron chi connectivity index (χ2n) is 4.71. The Balaban J connectivity index is 2.58. The van der Waals surface area contributed by atoms with Crippen LogP contribution in [0.15, 0.2) is 18.2 Å². The molecule has 0 aliphatic heterocycles. The van der Waals surface area contributed by atoms with E-state index in [1.165, 1.54) is 0 Å². The Bertz CT molecular complexity index is 533. The van der Waals surface area contributed by atoms with Gasteiger partial charge in [0, 0.05) is 12.5 Å². The Hall–Kier alpha value is -1.06. The standard InChI is InChI=1S/C14H20ClN3/c1-3-9-18-13-11(15)5-4-6-12(13)17-14(18)10(2)7-8-16/h4-6,10H,3,7-9,16H2,1-2H3. The molecule has 2 N–H and O–H groups in total. The van der Waals surface area contributed by atoms with Crippen molar-refractivity contribution in [3.05, 3.63) is 29.0 Å². The van der Waals surface area contributed by atoms with Gasteiger partial charge in [0.25, 0.3) is 0 Å². The number of halogens is 1. The van der Waals surface area contributed by atoms with E-state index in [1.54, 1.807) is 0 Å². The Labute approximate surface area is 113 Å². The number of fused-ring (bicyclic) bond motifs is 1. The highest BCUT2D eigenvalue weighted by molar-refractivity contribution is 6.35. The number of nitrogens with two attached hydrogens (primary N) is 1. The van der Waals surface area contributed by atoms with Crippen LogP contribution < -0.4 is 5.73 Å². The molecule has 0 aliphatic carbocycles. The molecule has 0 radical (unpaired) electrons. The molecule has 2 rings (SSSR count). The van der Waals surface area contributed by atoms with Crippen molar-refractivity contribution in [3.63, 3.8) is 0 Å². The van der Waals surface area contributed by atoms with Crippen molar-refractivity contribution in [3.8, 4) is 0 Å². The maximum absolute atomic E-state index is 6.31. The second kappa shape index (κ2) is 5.72. The van der Waals surface area contributed by atoms with Gasteiger partial charge in [-0.3, -0.25) is 0 Å². The maximum Gasteiger partial charge on any atom is 0.112 e. The highest BCUT2D eigenvalue weighted by Crippen LogP contribution is 2.29. The van der Waals surface area contributed by atoms with E-state index in [9.17, 15) is 0 Å². The monoisotopic (exact) mass is 265 g/mol. The van der Waals surface area contributed by atoms with Gasteiger partial charge in [-0.2, -0.15) is 0 Å². The van der Waals surface area contributed by atoms with Crippen molar-refractivity contribution in [1.82, 2.24) is 9.55 Å². The van der Waals surface area contributed by atoms with Gasteiger partial charge >= 0.3 is 0 Å². The van der Waals surface area contributed by atoms with Crippen molar-refractivity contribution in [2.75, 3.05) is 6.54 Å². The van der Waals surface area contributed by atoms with E-state index in [4.69, 9.17) is 22.3 Å². The Morgan fingerprint density at radius 3 is 2.89 bits per heavy atom. The zero-order valence-electron chi connectivity index (χ0n) is 11.0. The SMILES string of the molecule is CCCn1c(C(C)CCN)nc2cccc(Cl)c21. The van der Waals surface area contributed by atoms with E-state index < -0.39 is 0 Å². The summed E-state index contributed by atoms with van der Waals surface area (Å²) in [5.41, 5.74) is 7.69. The summed E-state index contributed by atoms with van der Waals surface area (Å²) in [6.07, 6.45) is 2.02. The topological polar surface area (TPSA) is 43.8 Å². The van der Waals surface area contributed by atoms with Gasteiger partial charge in [-0.25, -0.2) is 4.98 Å². The molecule has 0 bridgehead atoms. The zero-order valence-corrected chi connectivity index (χ0v) is 11.7. The fraction of sp³-hybridized carbons (Fsp3) is 0.500. The zero-order chi connectivity index (χ0) is 13.1. The molecule has 0 aliphatic rings. The quantitative estimate of drug-likeness (QED) is 0.898. The largest absolute Gasteiger partial charge is 0.330 e. The van der Waals surface area contributed by atoms with Crippen molar-refractivity contribution < 1.29 is 0 Å². The third-order valence-electron chi connectivity index (χ3n) is 3.23. The number of hydrogen-bond donors (Lipinski definition) is 1. The molecule has 98 valence electrons. The lowest BCUT2D eigenvalue weighted by Crippen LogP contribution is -2.11. The van der Waals surface area contributed by atoms with Crippen molar-refractivity contribution in [2.24, 2.45) is 5.73 Å². The number of hydrogen-bond acceptors (Lipinski definition) is 2. The van der Waals surface area contributed by atoms with E-state index >= 15 is 0 Å². The first-order valence-electron chi connectivity index (χ1n) is 6.53. The van der Waals surface area contributed by atoms with E-state index in [1.807, 2.05) is 18.2 Å². The molecule has 0 fully saturated rings. The number of imidazole rings is 1. The first kappa shape index (κ1) is 13.4. The summed E-state index contributed by atoms with van der Waals surface area (Å²) < 4.78 is 2.25. The fourth-order valence-corrected chi connectivity index (χ4v) is 2.64. The summed E-state index contributed by atoms with van der Waals surface area (Å²) in [4.78, 5) is 4.73. The van der Waals surface area contributed by atoms with Crippen molar-refractivity contribution in [1.29, 1.82) is 0 Å². The van der Waals surface area contributed by atoms with Crippen LogP contribution >= 0.6 is 11.6 Å². The van der Waals surface area contributed by atoms with Crippen LogP contribution in [0.2, 0.25) is 5.02 Å². The molecule has 0 amide bonds. The molecule has 0 saturated carbocycles. The maximum atomic E-state index is 6.31. The summed E-state index contributed by atoms with van der Waals surface area (Å²) in [6, 6.07) is 5.90. The summed E-state index contributed by atoms with van der Waals surface area (Å²) in [6.45, 7) is 5.98. The van der Waals surface area contributed by atoms with Crippen molar-refractivity contribution >= 4 is 22.6 Å². The van der Waals surface area contributed by atoms with Gasteiger partial charge in [-0.15, -0.1) is 0 Å². The minimum atomic E-state index is 0.366. The predicted octanol–water partition coefficient (Wildman–Crippen LogP) is 3.55. The Morgan fingerprint density at radius 2 is 2.22 bits per heavy atom. The average Bonchev–Trinajstić information content (AvgIpc) is 2.70. The number of benzene rings is 1.